The highest BCUT2D eigenvalue weighted by Gasteiger charge is 2.23. The highest BCUT2D eigenvalue weighted by molar-refractivity contribution is 7.21. The summed E-state index contributed by atoms with van der Waals surface area (Å²) in [6.07, 6.45) is 1.25. The van der Waals surface area contributed by atoms with Crippen LogP contribution in [0.15, 0.2) is 42.7 Å². The van der Waals surface area contributed by atoms with Crippen LogP contribution in [-0.4, -0.2) is 62.0 Å². The number of amides is 1. The molecule has 0 unspecified atom stereocenters. The number of aliphatic hydroxyl groups is 1. The number of carbonyl (C=O) groups excluding carboxylic acids is 1. The second-order valence-electron chi connectivity index (χ2n) is 9.28. The van der Waals surface area contributed by atoms with Gasteiger partial charge < -0.3 is 19.3 Å². The first kappa shape index (κ1) is 28.1. The molecule has 212 valence electrons. The Morgan fingerprint density at radius 3 is 2.71 bits per heavy atom. The van der Waals surface area contributed by atoms with E-state index < -0.39 is 24.1 Å². The molecule has 4 heterocycles. The predicted octanol–water partition coefficient (Wildman–Crippen LogP) is 5.09. The van der Waals surface area contributed by atoms with Crippen LogP contribution in [0.5, 0.6) is 11.8 Å². The minimum Gasteiger partial charge on any atom is -0.480 e. The fourth-order valence-electron chi connectivity index (χ4n) is 4.02. The molecule has 1 amide bonds. The lowest BCUT2D eigenvalue weighted by molar-refractivity contribution is 0.0379. The molecule has 0 saturated carbocycles. The van der Waals surface area contributed by atoms with Crippen molar-refractivity contribution in [3.05, 3.63) is 59.8 Å². The molecule has 11 nitrogen and oxygen atoms in total. The molecule has 0 fully saturated rings. The van der Waals surface area contributed by atoms with E-state index in [9.17, 15) is 4.79 Å². The summed E-state index contributed by atoms with van der Waals surface area (Å²) < 4.78 is 31.4. The van der Waals surface area contributed by atoms with Crippen molar-refractivity contribution in [3.63, 3.8) is 0 Å². The zero-order valence-corrected chi connectivity index (χ0v) is 23.5. The van der Waals surface area contributed by atoms with Gasteiger partial charge in [-0.15, -0.1) is 0 Å². The second-order valence-corrected chi connectivity index (χ2v) is 10.3. The fraction of sp³-hybridized carbons (Fsp3) is 0.286. The molecular formula is C28H27FN6O5S. The molecule has 1 aromatic carbocycles. The number of benzene rings is 1. The number of nitrogens with one attached hydrogen (secondary N) is 1. The van der Waals surface area contributed by atoms with Gasteiger partial charge in [0, 0.05) is 42.2 Å². The normalized spacial score (nSPS) is 12.7. The van der Waals surface area contributed by atoms with Crippen molar-refractivity contribution in [1.29, 1.82) is 0 Å². The van der Waals surface area contributed by atoms with Crippen molar-refractivity contribution < 1.29 is 28.5 Å². The number of aryl methyl sites for hydroxylation is 1. The fourth-order valence-corrected chi connectivity index (χ4v) is 4.95. The third kappa shape index (κ3) is 6.31. The topological polar surface area (TPSA) is 141 Å². The van der Waals surface area contributed by atoms with Gasteiger partial charge in [-0.1, -0.05) is 11.3 Å². The van der Waals surface area contributed by atoms with E-state index in [1.807, 2.05) is 19.1 Å². The Labute approximate surface area is 238 Å². The Morgan fingerprint density at radius 1 is 1.10 bits per heavy atom. The van der Waals surface area contributed by atoms with E-state index in [0.29, 0.717) is 50.1 Å². The van der Waals surface area contributed by atoms with Gasteiger partial charge in [0.15, 0.2) is 5.82 Å². The summed E-state index contributed by atoms with van der Waals surface area (Å²) in [5.41, 5.74) is 4.48. The van der Waals surface area contributed by atoms with E-state index in [0.717, 1.165) is 11.1 Å². The van der Waals surface area contributed by atoms with Crippen LogP contribution in [0.4, 0.5) is 14.9 Å². The third-order valence-electron chi connectivity index (χ3n) is 6.20. The summed E-state index contributed by atoms with van der Waals surface area (Å²) in [4.78, 5) is 34.9. The Kier molecular flexibility index (Phi) is 8.17. The lowest BCUT2D eigenvalue weighted by atomic mass is 10.1. The maximum absolute atomic E-state index is 15.0. The largest absolute Gasteiger partial charge is 0.480 e. The summed E-state index contributed by atoms with van der Waals surface area (Å²) in [6, 6.07) is 8.36. The smallest absolute Gasteiger partial charge is 0.412 e. The molecule has 2 atom stereocenters. The van der Waals surface area contributed by atoms with Gasteiger partial charge in [0.05, 0.1) is 24.3 Å². The highest BCUT2D eigenvalue weighted by Crippen LogP contribution is 2.35. The summed E-state index contributed by atoms with van der Waals surface area (Å²) in [7, 11) is 1.53. The van der Waals surface area contributed by atoms with Gasteiger partial charge in [0.25, 0.3) is 5.88 Å². The average Bonchev–Trinajstić information content (AvgIpc) is 3.35. The van der Waals surface area contributed by atoms with E-state index in [4.69, 9.17) is 19.3 Å². The second kappa shape index (κ2) is 11.9. The summed E-state index contributed by atoms with van der Waals surface area (Å²) in [5, 5.41) is 12.3. The zero-order chi connectivity index (χ0) is 29.1. The Balaban J connectivity index is 1.32. The zero-order valence-electron chi connectivity index (χ0n) is 22.7. The summed E-state index contributed by atoms with van der Waals surface area (Å²) in [5.74, 6) is -0.514. The van der Waals surface area contributed by atoms with Crippen LogP contribution in [0.25, 0.3) is 32.0 Å². The SMILES string of the molecule is COc1cnc2c(-c3nc4cc(F)c(O[C@@H](C)[C@@H](C)OC(=O)Nc5ccnc(CCO)c5)nc4s3)cc(C)cc2n1. The number of carbonyl (C=O) groups is 1. The van der Waals surface area contributed by atoms with Crippen molar-refractivity contribution in [2.45, 2.75) is 39.4 Å². The quantitative estimate of drug-likeness (QED) is 0.243. The summed E-state index contributed by atoms with van der Waals surface area (Å²) in [6.45, 7) is 5.17. The van der Waals surface area contributed by atoms with Gasteiger partial charge in [-0.25, -0.2) is 24.1 Å². The third-order valence-corrected chi connectivity index (χ3v) is 7.19. The minimum atomic E-state index is -0.739. The Hall–Kier alpha value is -4.49. The van der Waals surface area contributed by atoms with Gasteiger partial charge >= 0.3 is 6.09 Å². The lowest BCUT2D eigenvalue weighted by Crippen LogP contribution is -2.33. The molecule has 0 aliphatic heterocycles. The highest BCUT2D eigenvalue weighted by atomic mass is 32.1. The number of nitrogens with zero attached hydrogens (tertiary/aromatic N) is 5. The van der Waals surface area contributed by atoms with Crippen LogP contribution < -0.4 is 14.8 Å². The Bertz CT molecular complexity index is 1730. The molecule has 0 aliphatic rings. The number of ether oxygens (including phenoxy) is 3. The molecule has 0 bridgehead atoms. The van der Waals surface area contributed by atoms with E-state index >= 15 is 4.39 Å². The van der Waals surface area contributed by atoms with Gasteiger partial charge in [-0.05, 0) is 50.6 Å². The molecule has 0 radical (unpaired) electrons. The molecule has 2 N–H and O–H groups in total. The van der Waals surface area contributed by atoms with Gasteiger partial charge in [-0.3, -0.25) is 10.3 Å². The van der Waals surface area contributed by atoms with Crippen molar-refractivity contribution in [3.8, 4) is 22.3 Å². The number of pyridine rings is 2. The number of aromatic nitrogens is 5. The Morgan fingerprint density at radius 2 is 1.93 bits per heavy atom. The number of rotatable bonds is 9. The van der Waals surface area contributed by atoms with Crippen LogP contribution >= 0.6 is 11.3 Å². The van der Waals surface area contributed by atoms with E-state index in [1.165, 1.54) is 36.9 Å². The van der Waals surface area contributed by atoms with Crippen molar-refractivity contribution in [2.75, 3.05) is 19.0 Å². The van der Waals surface area contributed by atoms with E-state index in [1.54, 1.807) is 26.0 Å². The first-order valence-corrected chi connectivity index (χ1v) is 13.5. The maximum atomic E-state index is 15.0. The molecule has 0 saturated heterocycles. The van der Waals surface area contributed by atoms with Crippen LogP contribution in [-0.2, 0) is 11.2 Å². The molecule has 4 aromatic heterocycles. The van der Waals surface area contributed by atoms with Crippen LogP contribution in [0.3, 0.4) is 0 Å². The molecule has 5 rings (SSSR count). The van der Waals surface area contributed by atoms with Crippen LogP contribution in [0.1, 0.15) is 25.1 Å². The van der Waals surface area contributed by atoms with E-state index in [-0.39, 0.29) is 12.5 Å². The summed E-state index contributed by atoms with van der Waals surface area (Å²) >= 11 is 1.27. The number of methoxy groups -OCH3 is 1. The molecule has 0 aliphatic carbocycles. The first-order chi connectivity index (χ1) is 19.7. The van der Waals surface area contributed by atoms with Gasteiger partial charge in [0.1, 0.15) is 27.6 Å². The van der Waals surface area contributed by atoms with Crippen molar-refractivity contribution >= 4 is 44.5 Å². The van der Waals surface area contributed by atoms with Crippen molar-refractivity contribution in [2.24, 2.45) is 0 Å². The van der Waals surface area contributed by atoms with E-state index in [2.05, 4.69) is 30.2 Å². The number of halogens is 1. The molecule has 0 spiro atoms. The predicted molar refractivity (Wildman–Crippen MR) is 152 cm³/mol. The number of hydrogen-bond donors (Lipinski definition) is 2. The number of aliphatic hydroxyl groups excluding tert-OH is 1. The average molecular weight is 579 g/mol. The van der Waals surface area contributed by atoms with Gasteiger partial charge in [-0.2, -0.15) is 4.98 Å². The lowest BCUT2D eigenvalue weighted by Gasteiger charge is -2.21. The number of hydrogen-bond acceptors (Lipinski definition) is 11. The molecular weight excluding hydrogens is 551 g/mol. The monoisotopic (exact) mass is 578 g/mol. The molecule has 13 heteroatoms. The first-order valence-electron chi connectivity index (χ1n) is 12.7. The standard InChI is InChI=1S/C28H27FN6O5S/c1-14-9-19(24-21(10-14)33-23(38-4)13-31-24)26-34-22-12-20(29)25(35-27(22)41-26)39-15(2)16(3)40-28(37)32-18-5-7-30-17(11-18)6-8-36/h5,7,9-13,15-16,36H,6,8H2,1-4H3,(H,30,32,37)/t15-,16+/m0/s1. The van der Waals surface area contributed by atoms with Gasteiger partial charge in [0.2, 0.25) is 5.88 Å². The van der Waals surface area contributed by atoms with Crippen molar-refractivity contribution in [1.82, 2.24) is 24.9 Å². The maximum Gasteiger partial charge on any atom is 0.412 e. The molecule has 5 aromatic rings. The number of fused-ring (bicyclic) bond motifs is 2. The number of thiazole rings is 1. The minimum absolute atomic E-state index is 0.0564. The molecule has 41 heavy (non-hydrogen) atoms. The van der Waals surface area contributed by atoms with Crippen LogP contribution in [0, 0.1) is 12.7 Å². The van der Waals surface area contributed by atoms with Crippen LogP contribution in [0.2, 0.25) is 0 Å². The number of anilines is 1.